The van der Waals surface area contributed by atoms with Gasteiger partial charge >= 0.3 is 0 Å². The zero-order chi connectivity index (χ0) is 12.5. The Morgan fingerprint density at radius 2 is 2.00 bits per heavy atom. The van der Waals surface area contributed by atoms with E-state index in [4.69, 9.17) is 27.9 Å². The molecule has 92 valence electrons. The van der Waals surface area contributed by atoms with E-state index in [2.05, 4.69) is 5.32 Å². The maximum Gasteiger partial charge on any atom is 0.169 e. The van der Waals surface area contributed by atoms with Crippen molar-refractivity contribution in [3.8, 4) is 11.5 Å². The van der Waals surface area contributed by atoms with E-state index in [1.807, 2.05) is 36.4 Å². The highest BCUT2D eigenvalue weighted by atomic mass is 35.5. The van der Waals surface area contributed by atoms with Gasteiger partial charge in [-0.15, -0.1) is 0 Å². The van der Waals surface area contributed by atoms with Crippen molar-refractivity contribution in [2.24, 2.45) is 0 Å². The third kappa shape index (κ3) is 2.14. The monoisotopic (exact) mass is 279 g/mol. The van der Waals surface area contributed by atoms with Crippen molar-refractivity contribution in [2.45, 2.75) is 6.42 Å². The molecule has 0 spiro atoms. The molecule has 1 N–H and O–H groups in total. The van der Waals surface area contributed by atoms with E-state index in [1.54, 1.807) is 0 Å². The van der Waals surface area contributed by atoms with E-state index >= 15 is 0 Å². The van der Waals surface area contributed by atoms with Crippen LogP contribution in [0, 0.1) is 0 Å². The molecule has 0 saturated carbocycles. The van der Waals surface area contributed by atoms with Crippen molar-refractivity contribution >= 4 is 28.9 Å². The molecular formula is C14H11Cl2NO. The van der Waals surface area contributed by atoms with Crippen molar-refractivity contribution in [1.82, 2.24) is 0 Å². The molecule has 0 amide bonds. The van der Waals surface area contributed by atoms with Crippen molar-refractivity contribution in [3.05, 3.63) is 52.0 Å². The summed E-state index contributed by atoms with van der Waals surface area (Å²) in [5.74, 6) is 1.43. The number of rotatable bonds is 0. The van der Waals surface area contributed by atoms with Crippen LogP contribution in [-0.2, 0) is 6.42 Å². The predicted octanol–water partition coefficient (Wildman–Crippen LogP) is 4.75. The highest BCUT2D eigenvalue weighted by Gasteiger charge is 2.15. The first-order valence-electron chi connectivity index (χ1n) is 5.73. The van der Waals surface area contributed by atoms with Crippen LogP contribution >= 0.6 is 23.2 Å². The molecule has 2 aromatic carbocycles. The first kappa shape index (κ1) is 11.7. The maximum absolute atomic E-state index is 6.18. The maximum atomic E-state index is 6.18. The summed E-state index contributed by atoms with van der Waals surface area (Å²) < 4.78 is 5.92. The second-order valence-corrected chi connectivity index (χ2v) is 4.99. The Balaban J connectivity index is 2.11. The normalized spacial score (nSPS) is 13.4. The third-order valence-electron chi connectivity index (χ3n) is 2.92. The van der Waals surface area contributed by atoms with Crippen LogP contribution in [0.2, 0.25) is 10.0 Å². The number of ether oxygens (including phenoxy) is 1. The first-order valence-corrected chi connectivity index (χ1v) is 6.48. The zero-order valence-electron chi connectivity index (χ0n) is 9.54. The molecule has 1 aliphatic heterocycles. The molecular weight excluding hydrogens is 269 g/mol. The van der Waals surface area contributed by atoms with Gasteiger partial charge in [0.2, 0.25) is 0 Å². The van der Waals surface area contributed by atoms with Gasteiger partial charge in [-0.05, 0) is 36.2 Å². The molecule has 2 aromatic rings. The Kier molecular flexibility index (Phi) is 3.06. The molecule has 18 heavy (non-hydrogen) atoms. The largest absolute Gasteiger partial charge is 0.453 e. The van der Waals surface area contributed by atoms with Crippen molar-refractivity contribution in [3.63, 3.8) is 0 Å². The van der Waals surface area contributed by atoms with Gasteiger partial charge in [-0.3, -0.25) is 0 Å². The summed E-state index contributed by atoms with van der Waals surface area (Å²) in [5.41, 5.74) is 2.03. The molecule has 0 radical (unpaired) electrons. The van der Waals surface area contributed by atoms with Crippen LogP contribution in [0.3, 0.4) is 0 Å². The summed E-state index contributed by atoms with van der Waals surface area (Å²) in [6.07, 6.45) is 0.887. The van der Waals surface area contributed by atoms with Gasteiger partial charge in [0.15, 0.2) is 5.75 Å². The predicted molar refractivity (Wildman–Crippen MR) is 75.2 cm³/mol. The molecule has 2 nitrogen and oxygen atoms in total. The standard InChI is InChI=1S/C14H11Cl2NO/c15-10-5-4-9-6-7-17-12-3-1-2-11(16)14(12)18-13(9)8-10/h1-5,8,17H,6-7H2. The number of anilines is 1. The summed E-state index contributed by atoms with van der Waals surface area (Å²) >= 11 is 12.2. The summed E-state index contributed by atoms with van der Waals surface area (Å²) in [6.45, 7) is 0.839. The summed E-state index contributed by atoms with van der Waals surface area (Å²) in [6, 6.07) is 11.4. The lowest BCUT2D eigenvalue weighted by atomic mass is 10.1. The van der Waals surface area contributed by atoms with Crippen molar-refractivity contribution in [2.75, 3.05) is 11.9 Å². The van der Waals surface area contributed by atoms with E-state index < -0.39 is 0 Å². The lowest BCUT2D eigenvalue weighted by molar-refractivity contribution is 0.475. The molecule has 4 heteroatoms. The average molecular weight is 280 g/mol. The second kappa shape index (κ2) is 4.71. The minimum absolute atomic E-state index is 0.591. The smallest absolute Gasteiger partial charge is 0.169 e. The number of hydrogen-bond donors (Lipinski definition) is 1. The number of nitrogens with one attached hydrogen (secondary N) is 1. The Morgan fingerprint density at radius 1 is 1.11 bits per heavy atom. The lowest BCUT2D eigenvalue weighted by Gasteiger charge is -2.20. The van der Waals surface area contributed by atoms with Crippen LogP contribution in [0.1, 0.15) is 5.56 Å². The molecule has 1 heterocycles. The fourth-order valence-electron chi connectivity index (χ4n) is 2.02. The Bertz CT molecular complexity index is 598. The molecule has 0 bridgehead atoms. The number of benzene rings is 2. The Labute approximate surface area is 115 Å². The molecule has 3 rings (SSSR count). The number of fused-ring (bicyclic) bond motifs is 2. The SMILES string of the molecule is Clc1ccc2c(c1)Oc1c(Cl)cccc1NCC2. The van der Waals surface area contributed by atoms with E-state index in [1.165, 1.54) is 0 Å². The van der Waals surface area contributed by atoms with Gasteiger partial charge in [-0.2, -0.15) is 0 Å². The first-order chi connectivity index (χ1) is 8.74. The number of halogens is 2. The molecule has 0 saturated heterocycles. The van der Waals surface area contributed by atoms with Crippen LogP contribution in [0.4, 0.5) is 5.69 Å². The Morgan fingerprint density at radius 3 is 2.89 bits per heavy atom. The molecule has 0 atom stereocenters. The van der Waals surface area contributed by atoms with Crippen LogP contribution in [0.25, 0.3) is 0 Å². The van der Waals surface area contributed by atoms with Gasteiger partial charge in [0.05, 0.1) is 10.7 Å². The minimum Gasteiger partial charge on any atom is -0.453 e. The molecule has 0 aromatic heterocycles. The van der Waals surface area contributed by atoms with E-state index in [0.29, 0.717) is 15.8 Å². The van der Waals surface area contributed by atoms with Crippen LogP contribution in [0.15, 0.2) is 36.4 Å². The average Bonchev–Trinajstić information content (AvgIpc) is 2.32. The van der Waals surface area contributed by atoms with Gasteiger partial charge in [0.25, 0.3) is 0 Å². The zero-order valence-corrected chi connectivity index (χ0v) is 11.1. The van der Waals surface area contributed by atoms with Gasteiger partial charge in [-0.25, -0.2) is 0 Å². The highest BCUT2D eigenvalue weighted by Crippen LogP contribution is 2.39. The van der Waals surface area contributed by atoms with Crippen molar-refractivity contribution < 1.29 is 4.74 Å². The highest BCUT2D eigenvalue weighted by molar-refractivity contribution is 6.32. The molecule has 0 fully saturated rings. The summed E-state index contributed by atoms with van der Waals surface area (Å²) in [7, 11) is 0. The van der Waals surface area contributed by atoms with Crippen LogP contribution in [0.5, 0.6) is 11.5 Å². The van der Waals surface area contributed by atoms with Gasteiger partial charge < -0.3 is 10.1 Å². The van der Waals surface area contributed by atoms with Crippen LogP contribution < -0.4 is 10.1 Å². The third-order valence-corrected chi connectivity index (χ3v) is 3.45. The van der Waals surface area contributed by atoms with Crippen LogP contribution in [-0.4, -0.2) is 6.54 Å². The van der Waals surface area contributed by atoms with E-state index in [0.717, 1.165) is 30.0 Å². The van der Waals surface area contributed by atoms with E-state index in [-0.39, 0.29) is 0 Å². The Hall–Kier alpha value is -1.38. The summed E-state index contributed by atoms with van der Waals surface area (Å²) in [4.78, 5) is 0. The molecule has 0 unspecified atom stereocenters. The lowest BCUT2D eigenvalue weighted by Crippen LogP contribution is -2.10. The van der Waals surface area contributed by atoms with Gasteiger partial charge in [0, 0.05) is 11.6 Å². The summed E-state index contributed by atoms with van der Waals surface area (Å²) in [5, 5.41) is 4.57. The number of para-hydroxylation sites is 1. The van der Waals surface area contributed by atoms with E-state index in [9.17, 15) is 0 Å². The quantitative estimate of drug-likeness (QED) is 0.751. The number of hydrogen-bond acceptors (Lipinski definition) is 2. The fraction of sp³-hybridized carbons (Fsp3) is 0.143. The van der Waals surface area contributed by atoms with Gasteiger partial charge in [0.1, 0.15) is 5.75 Å². The minimum atomic E-state index is 0.591. The second-order valence-electron chi connectivity index (χ2n) is 4.15. The molecule has 0 aliphatic carbocycles. The topological polar surface area (TPSA) is 21.3 Å². The van der Waals surface area contributed by atoms with Crippen molar-refractivity contribution in [1.29, 1.82) is 0 Å². The molecule has 1 aliphatic rings. The van der Waals surface area contributed by atoms with Gasteiger partial charge in [-0.1, -0.05) is 35.3 Å². The fourth-order valence-corrected chi connectivity index (χ4v) is 2.40.